The second kappa shape index (κ2) is 4.25. The summed E-state index contributed by atoms with van der Waals surface area (Å²) in [5.74, 6) is 0.427. The summed E-state index contributed by atoms with van der Waals surface area (Å²) in [5, 5.41) is 0. The van der Waals surface area contributed by atoms with E-state index in [1.165, 1.54) is 0 Å². The molecule has 1 aromatic rings. The number of hydrogen-bond donors (Lipinski definition) is 0. The van der Waals surface area contributed by atoms with E-state index in [0.29, 0.717) is 18.0 Å². The molecule has 1 spiro atoms. The Bertz CT molecular complexity index is 771. The first-order chi connectivity index (χ1) is 10.8. The summed E-state index contributed by atoms with van der Waals surface area (Å²) < 4.78 is 5.55. The van der Waals surface area contributed by atoms with Crippen molar-refractivity contribution in [2.24, 2.45) is 5.92 Å². The molecule has 4 nitrogen and oxygen atoms in total. The van der Waals surface area contributed by atoms with Crippen molar-refractivity contribution in [2.75, 3.05) is 6.54 Å². The van der Waals surface area contributed by atoms with Crippen LogP contribution in [0.2, 0.25) is 0 Å². The molecule has 1 aromatic carbocycles. The molecule has 2 fully saturated rings. The average molecular weight is 311 g/mol. The second-order valence-electron chi connectivity index (χ2n) is 7.81. The Hall–Kier alpha value is -2.10. The Labute approximate surface area is 136 Å². The van der Waals surface area contributed by atoms with Crippen molar-refractivity contribution in [1.29, 1.82) is 0 Å². The van der Waals surface area contributed by atoms with Gasteiger partial charge in [-0.05, 0) is 45.6 Å². The number of ketones is 1. The van der Waals surface area contributed by atoms with Gasteiger partial charge in [-0.25, -0.2) is 4.79 Å². The molecule has 23 heavy (non-hydrogen) atoms. The van der Waals surface area contributed by atoms with Gasteiger partial charge in [0.25, 0.3) is 0 Å². The van der Waals surface area contributed by atoms with Crippen molar-refractivity contribution in [2.45, 2.75) is 45.1 Å². The molecule has 0 unspecified atom stereocenters. The minimum Gasteiger partial charge on any atom is -0.443 e. The molecular weight excluding hydrogens is 290 g/mol. The number of carbonyl (C=O) groups is 2. The highest BCUT2D eigenvalue weighted by Gasteiger charge is 2.68. The number of hydrogen-bond acceptors (Lipinski definition) is 3. The number of carbonyl (C=O) groups excluding carboxylic acids is 2. The van der Waals surface area contributed by atoms with Gasteiger partial charge in [0.05, 0.1) is 0 Å². The van der Waals surface area contributed by atoms with Crippen LogP contribution in [0.25, 0.3) is 0 Å². The summed E-state index contributed by atoms with van der Waals surface area (Å²) in [5.41, 5.74) is 2.76. The molecule has 1 saturated carbocycles. The van der Waals surface area contributed by atoms with Crippen LogP contribution in [-0.4, -0.2) is 28.9 Å². The molecule has 1 heterocycles. The Morgan fingerprint density at radius 2 is 2.00 bits per heavy atom. The number of ether oxygens (including phenoxy) is 1. The van der Waals surface area contributed by atoms with Crippen molar-refractivity contribution in [1.82, 2.24) is 4.90 Å². The van der Waals surface area contributed by atoms with Crippen LogP contribution in [0.1, 0.15) is 50.0 Å². The maximum atomic E-state index is 12.7. The van der Waals surface area contributed by atoms with E-state index in [-0.39, 0.29) is 17.3 Å². The van der Waals surface area contributed by atoms with Gasteiger partial charge in [-0.2, -0.15) is 0 Å². The van der Waals surface area contributed by atoms with E-state index >= 15 is 0 Å². The number of benzene rings is 1. The molecule has 0 radical (unpaired) electrons. The van der Waals surface area contributed by atoms with Gasteiger partial charge in [0.1, 0.15) is 5.60 Å². The Balaban J connectivity index is 1.80. The van der Waals surface area contributed by atoms with Crippen LogP contribution in [-0.2, 0) is 10.2 Å². The van der Waals surface area contributed by atoms with E-state index < -0.39 is 5.60 Å². The van der Waals surface area contributed by atoms with Crippen molar-refractivity contribution < 1.29 is 14.3 Å². The fourth-order valence-electron chi connectivity index (χ4n) is 4.25. The van der Waals surface area contributed by atoms with Gasteiger partial charge in [0.15, 0.2) is 5.78 Å². The first-order valence-corrected chi connectivity index (χ1v) is 8.12. The van der Waals surface area contributed by atoms with Crippen molar-refractivity contribution >= 4 is 11.9 Å². The average Bonchev–Trinajstić information content (AvgIpc) is 3.08. The predicted octanol–water partition coefficient (Wildman–Crippen LogP) is 3.67. The maximum absolute atomic E-state index is 12.7. The summed E-state index contributed by atoms with van der Waals surface area (Å²) in [4.78, 5) is 27.0. The van der Waals surface area contributed by atoms with Crippen molar-refractivity contribution in [3.63, 3.8) is 0 Å². The van der Waals surface area contributed by atoms with Crippen LogP contribution in [0.3, 0.4) is 0 Å². The highest BCUT2D eigenvalue weighted by molar-refractivity contribution is 6.12. The molecule has 0 bridgehead atoms. The molecule has 1 saturated heterocycles. The number of amides is 1. The predicted molar refractivity (Wildman–Crippen MR) is 86.2 cm³/mol. The minimum atomic E-state index is -0.540. The number of Topliss-reactive ketones (excluding diaryl/α,β-unsaturated/α-hetero) is 1. The number of fused-ring (bicyclic) bond motifs is 1. The fourth-order valence-corrected chi connectivity index (χ4v) is 4.25. The van der Waals surface area contributed by atoms with Gasteiger partial charge < -0.3 is 4.74 Å². The van der Waals surface area contributed by atoms with E-state index in [2.05, 4.69) is 0 Å². The normalized spacial score (nSPS) is 28.3. The zero-order chi connectivity index (χ0) is 16.6. The summed E-state index contributed by atoms with van der Waals surface area (Å²) >= 11 is 0. The number of allylic oxidation sites excluding steroid dienone is 2. The summed E-state index contributed by atoms with van der Waals surface area (Å²) in [7, 11) is 0. The molecule has 0 aromatic heterocycles. The third-order valence-corrected chi connectivity index (χ3v) is 5.16. The SMILES string of the molecule is CC1=C2N(C(=O)OC(C)(C)C)C[C@@H]3C[C@]23c2ccccc2C1=O. The molecular formula is C19H21NO3. The molecule has 120 valence electrons. The van der Waals surface area contributed by atoms with E-state index in [9.17, 15) is 9.59 Å². The van der Waals surface area contributed by atoms with Crippen molar-refractivity contribution in [3.05, 3.63) is 46.7 Å². The van der Waals surface area contributed by atoms with Gasteiger partial charge in [-0.1, -0.05) is 24.3 Å². The standard InChI is InChI=1S/C19H21NO3/c1-11-15(21)13-7-5-6-8-14(13)19-9-12(19)10-20(16(11)19)17(22)23-18(2,3)4/h5-8,12H,9-10H2,1-4H3/t12-,19-/m0/s1. The van der Waals surface area contributed by atoms with Crippen molar-refractivity contribution in [3.8, 4) is 0 Å². The highest BCUT2D eigenvalue weighted by atomic mass is 16.6. The van der Waals surface area contributed by atoms with E-state index in [1.807, 2.05) is 52.0 Å². The zero-order valence-electron chi connectivity index (χ0n) is 14.0. The fraction of sp³-hybridized carbons (Fsp3) is 0.474. The van der Waals surface area contributed by atoms with E-state index in [4.69, 9.17) is 4.74 Å². The quantitative estimate of drug-likeness (QED) is 0.734. The smallest absolute Gasteiger partial charge is 0.414 e. The number of rotatable bonds is 0. The van der Waals surface area contributed by atoms with E-state index in [0.717, 1.165) is 23.2 Å². The lowest BCUT2D eigenvalue weighted by atomic mass is 9.78. The minimum absolute atomic E-state index is 0.0299. The molecule has 3 aliphatic rings. The largest absolute Gasteiger partial charge is 0.443 e. The van der Waals surface area contributed by atoms with Crippen LogP contribution >= 0.6 is 0 Å². The number of likely N-dealkylation sites (tertiary alicyclic amines) is 1. The zero-order valence-corrected chi connectivity index (χ0v) is 14.0. The molecule has 1 amide bonds. The molecule has 4 rings (SSSR count). The Morgan fingerprint density at radius 1 is 1.30 bits per heavy atom. The lowest BCUT2D eigenvalue weighted by molar-refractivity contribution is 0.0320. The number of nitrogens with zero attached hydrogens (tertiary/aromatic N) is 1. The summed E-state index contributed by atoms with van der Waals surface area (Å²) in [6.45, 7) is 8.07. The lowest BCUT2D eigenvalue weighted by Crippen LogP contribution is -2.39. The van der Waals surface area contributed by atoms with Crippen LogP contribution in [0.4, 0.5) is 4.79 Å². The van der Waals surface area contributed by atoms with Crippen LogP contribution in [0.5, 0.6) is 0 Å². The monoisotopic (exact) mass is 311 g/mol. The van der Waals surface area contributed by atoms with Crippen LogP contribution in [0.15, 0.2) is 35.5 Å². The summed E-state index contributed by atoms with van der Waals surface area (Å²) in [6.07, 6.45) is 0.675. The Morgan fingerprint density at radius 3 is 2.70 bits per heavy atom. The maximum Gasteiger partial charge on any atom is 0.414 e. The second-order valence-corrected chi connectivity index (χ2v) is 7.81. The number of piperidine rings is 1. The van der Waals surface area contributed by atoms with Gasteiger partial charge in [-0.15, -0.1) is 0 Å². The topological polar surface area (TPSA) is 46.6 Å². The van der Waals surface area contributed by atoms with E-state index in [1.54, 1.807) is 4.90 Å². The summed E-state index contributed by atoms with van der Waals surface area (Å²) in [6, 6.07) is 7.82. The first-order valence-electron chi connectivity index (χ1n) is 8.12. The molecule has 1 aliphatic heterocycles. The van der Waals surface area contributed by atoms with Crippen LogP contribution < -0.4 is 0 Å². The first kappa shape index (κ1) is 14.5. The lowest BCUT2D eigenvalue weighted by Gasteiger charge is -2.33. The molecule has 0 N–H and O–H groups in total. The molecule has 4 heteroatoms. The third kappa shape index (κ3) is 1.84. The third-order valence-electron chi connectivity index (χ3n) is 5.16. The molecule has 2 aliphatic carbocycles. The van der Waals surface area contributed by atoms with Crippen LogP contribution in [0, 0.1) is 5.92 Å². The van der Waals surface area contributed by atoms with Gasteiger partial charge in [0, 0.05) is 28.8 Å². The van der Waals surface area contributed by atoms with Gasteiger partial charge >= 0.3 is 6.09 Å². The molecule has 2 atom stereocenters. The Kier molecular flexibility index (Phi) is 2.68. The van der Waals surface area contributed by atoms with Gasteiger partial charge in [-0.3, -0.25) is 9.69 Å². The highest BCUT2D eigenvalue weighted by Crippen LogP contribution is 2.67. The van der Waals surface area contributed by atoms with Gasteiger partial charge in [0.2, 0.25) is 0 Å².